The first kappa shape index (κ1) is 22.5. The number of rotatable bonds is 10. The topological polar surface area (TPSA) is 88.7 Å². The van der Waals surface area contributed by atoms with Crippen molar-refractivity contribution in [1.29, 1.82) is 0 Å². The number of aromatic nitrogens is 3. The van der Waals surface area contributed by atoms with Crippen molar-refractivity contribution < 1.29 is 9.26 Å². The zero-order valence-electron chi connectivity index (χ0n) is 16.5. The molecule has 154 valence electrons. The van der Waals surface area contributed by atoms with Crippen LogP contribution in [-0.2, 0) is 11.2 Å². The summed E-state index contributed by atoms with van der Waals surface area (Å²) in [5.41, 5.74) is 0.680. The van der Waals surface area contributed by atoms with E-state index in [-0.39, 0.29) is 24.0 Å². The average molecular weight is 500 g/mol. The standard InChI is InChI=1S/C19H28N6O2.HI/c1-3-20-19(25(2)12-13-26-14-15-7-8-15)22-11-9-17-23-18(27-24-17)16-6-4-5-10-21-16;/h4-6,10,15H,3,7-9,11-14H2,1-2H3,(H,20,22);1H. The van der Waals surface area contributed by atoms with Crippen molar-refractivity contribution in [2.24, 2.45) is 10.9 Å². The highest BCUT2D eigenvalue weighted by Gasteiger charge is 2.21. The monoisotopic (exact) mass is 500 g/mol. The van der Waals surface area contributed by atoms with Gasteiger partial charge in [-0.1, -0.05) is 11.2 Å². The number of halogens is 1. The normalized spacial score (nSPS) is 13.9. The van der Waals surface area contributed by atoms with E-state index in [1.54, 1.807) is 6.20 Å². The molecule has 0 atom stereocenters. The van der Waals surface area contributed by atoms with Crippen molar-refractivity contribution in [2.75, 3.05) is 39.9 Å². The van der Waals surface area contributed by atoms with Crippen LogP contribution < -0.4 is 5.32 Å². The second-order valence-electron chi connectivity index (χ2n) is 6.66. The van der Waals surface area contributed by atoms with Gasteiger partial charge in [0.05, 0.1) is 6.61 Å². The molecule has 0 spiro atoms. The van der Waals surface area contributed by atoms with E-state index in [9.17, 15) is 0 Å². The van der Waals surface area contributed by atoms with Crippen LogP contribution in [0.25, 0.3) is 11.6 Å². The Hall–Kier alpha value is -1.75. The zero-order chi connectivity index (χ0) is 18.9. The maximum absolute atomic E-state index is 5.71. The maximum atomic E-state index is 5.71. The molecule has 3 rings (SSSR count). The first-order valence-corrected chi connectivity index (χ1v) is 9.57. The molecule has 0 saturated heterocycles. The number of likely N-dealkylation sites (N-methyl/N-ethyl adjacent to an activating group) is 1. The molecule has 1 fully saturated rings. The molecule has 1 N–H and O–H groups in total. The van der Waals surface area contributed by atoms with Crippen molar-refractivity contribution in [1.82, 2.24) is 25.3 Å². The molecule has 9 heteroatoms. The molecule has 0 radical (unpaired) electrons. The van der Waals surface area contributed by atoms with Gasteiger partial charge in [-0.05, 0) is 37.8 Å². The molecule has 1 saturated carbocycles. The fraction of sp³-hybridized carbons (Fsp3) is 0.579. The lowest BCUT2D eigenvalue weighted by molar-refractivity contribution is 0.115. The minimum atomic E-state index is 0. The van der Waals surface area contributed by atoms with Crippen molar-refractivity contribution in [3.8, 4) is 11.6 Å². The van der Waals surface area contributed by atoms with Gasteiger partial charge < -0.3 is 19.5 Å². The SMILES string of the molecule is CCNC(=NCCc1noc(-c2ccccn2)n1)N(C)CCOCC1CC1.I. The molecule has 2 aromatic rings. The highest BCUT2D eigenvalue weighted by molar-refractivity contribution is 14.0. The summed E-state index contributed by atoms with van der Waals surface area (Å²) in [7, 11) is 2.02. The number of pyridine rings is 1. The van der Waals surface area contributed by atoms with Gasteiger partial charge >= 0.3 is 0 Å². The van der Waals surface area contributed by atoms with E-state index in [4.69, 9.17) is 9.26 Å². The molecule has 1 aliphatic carbocycles. The zero-order valence-corrected chi connectivity index (χ0v) is 18.8. The van der Waals surface area contributed by atoms with E-state index in [0.29, 0.717) is 30.4 Å². The summed E-state index contributed by atoms with van der Waals surface area (Å²) < 4.78 is 11.0. The van der Waals surface area contributed by atoms with Crippen LogP contribution >= 0.6 is 24.0 Å². The third-order valence-electron chi connectivity index (χ3n) is 4.27. The Balaban J connectivity index is 0.00000280. The Kier molecular flexibility index (Phi) is 9.62. The second-order valence-corrected chi connectivity index (χ2v) is 6.66. The Morgan fingerprint density at radius 1 is 1.39 bits per heavy atom. The molecule has 8 nitrogen and oxygen atoms in total. The van der Waals surface area contributed by atoms with Gasteiger partial charge in [-0.2, -0.15) is 4.98 Å². The van der Waals surface area contributed by atoms with E-state index in [1.165, 1.54) is 12.8 Å². The number of guanidine groups is 1. The van der Waals surface area contributed by atoms with Crippen LogP contribution in [0.15, 0.2) is 33.9 Å². The van der Waals surface area contributed by atoms with Crippen molar-refractivity contribution in [2.45, 2.75) is 26.2 Å². The molecule has 1 aliphatic rings. The highest BCUT2D eigenvalue weighted by Crippen LogP contribution is 2.28. The quantitative estimate of drug-likeness (QED) is 0.232. The lowest BCUT2D eigenvalue weighted by Gasteiger charge is -2.21. The minimum absolute atomic E-state index is 0. The first-order valence-electron chi connectivity index (χ1n) is 9.57. The molecular weight excluding hydrogens is 471 g/mol. The largest absolute Gasteiger partial charge is 0.379 e. The summed E-state index contributed by atoms with van der Waals surface area (Å²) in [5, 5.41) is 7.32. The maximum Gasteiger partial charge on any atom is 0.276 e. The summed E-state index contributed by atoms with van der Waals surface area (Å²) in [6.45, 7) is 5.87. The van der Waals surface area contributed by atoms with E-state index in [2.05, 4.69) is 37.3 Å². The molecule has 0 aromatic carbocycles. The summed E-state index contributed by atoms with van der Waals surface area (Å²) >= 11 is 0. The number of nitrogens with zero attached hydrogens (tertiary/aromatic N) is 5. The lowest BCUT2D eigenvalue weighted by Crippen LogP contribution is -2.40. The minimum Gasteiger partial charge on any atom is -0.379 e. The average Bonchev–Trinajstić information content (AvgIpc) is 3.40. The third kappa shape index (κ3) is 7.34. The Bertz CT molecular complexity index is 720. The smallest absolute Gasteiger partial charge is 0.276 e. The number of hydrogen-bond donors (Lipinski definition) is 1. The predicted octanol–water partition coefficient (Wildman–Crippen LogP) is 2.62. The van der Waals surface area contributed by atoms with Crippen molar-refractivity contribution in [3.05, 3.63) is 30.2 Å². The van der Waals surface area contributed by atoms with Crippen LogP contribution in [-0.4, -0.2) is 65.9 Å². The predicted molar refractivity (Wildman–Crippen MR) is 119 cm³/mol. The van der Waals surface area contributed by atoms with Gasteiger partial charge in [0.2, 0.25) is 0 Å². The first-order chi connectivity index (χ1) is 13.3. The molecule has 0 amide bonds. The van der Waals surface area contributed by atoms with E-state index in [0.717, 1.165) is 38.2 Å². The summed E-state index contributed by atoms with van der Waals surface area (Å²) in [6, 6.07) is 5.59. The Morgan fingerprint density at radius 3 is 2.96 bits per heavy atom. The molecule has 0 bridgehead atoms. The molecule has 2 aromatic heterocycles. The van der Waals surface area contributed by atoms with Crippen LogP contribution in [0.2, 0.25) is 0 Å². The highest BCUT2D eigenvalue weighted by atomic mass is 127. The number of aliphatic imine (C=N–C) groups is 1. The summed E-state index contributed by atoms with van der Waals surface area (Å²) in [5.74, 6) is 2.72. The molecular formula is C19H29IN6O2. The van der Waals surface area contributed by atoms with Crippen molar-refractivity contribution >= 4 is 29.9 Å². The fourth-order valence-corrected chi connectivity index (χ4v) is 2.52. The van der Waals surface area contributed by atoms with E-state index >= 15 is 0 Å². The molecule has 0 unspecified atom stereocenters. The molecule has 2 heterocycles. The number of ether oxygens (including phenoxy) is 1. The van der Waals surface area contributed by atoms with Gasteiger partial charge in [-0.15, -0.1) is 24.0 Å². The summed E-state index contributed by atoms with van der Waals surface area (Å²) in [6.07, 6.45) is 4.95. The van der Waals surface area contributed by atoms with Gasteiger partial charge in [-0.25, -0.2) is 0 Å². The summed E-state index contributed by atoms with van der Waals surface area (Å²) in [4.78, 5) is 15.3. The van der Waals surface area contributed by atoms with Crippen LogP contribution in [0.1, 0.15) is 25.6 Å². The van der Waals surface area contributed by atoms with Gasteiger partial charge in [0.15, 0.2) is 11.8 Å². The number of nitrogens with one attached hydrogen (secondary N) is 1. The second kappa shape index (κ2) is 11.9. The Morgan fingerprint density at radius 2 is 2.25 bits per heavy atom. The van der Waals surface area contributed by atoms with Gasteiger partial charge in [-0.3, -0.25) is 9.98 Å². The van der Waals surface area contributed by atoms with E-state index in [1.807, 2.05) is 25.2 Å². The lowest BCUT2D eigenvalue weighted by atomic mass is 10.3. The fourth-order valence-electron chi connectivity index (χ4n) is 2.52. The van der Waals surface area contributed by atoms with E-state index < -0.39 is 0 Å². The number of hydrogen-bond acceptors (Lipinski definition) is 6. The van der Waals surface area contributed by atoms with Gasteiger partial charge in [0.25, 0.3) is 5.89 Å². The molecule has 28 heavy (non-hydrogen) atoms. The van der Waals surface area contributed by atoms with Crippen LogP contribution in [0.5, 0.6) is 0 Å². The Labute approximate surface area is 183 Å². The van der Waals surface area contributed by atoms with Crippen molar-refractivity contribution in [3.63, 3.8) is 0 Å². The van der Waals surface area contributed by atoms with Gasteiger partial charge in [0, 0.05) is 45.9 Å². The van der Waals surface area contributed by atoms with Crippen LogP contribution in [0.3, 0.4) is 0 Å². The third-order valence-corrected chi connectivity index (χ3v) is 4.27. The molecule has 0 aliphatic heterocycles. The van der Waals surface area contributed by atoms with Crippen LogP contribution in [0, 0.1) is 5.92 Å². The van der Waals surface area contributed by atoms with Gasteiger partial charge in [0.1, 0.15) is 5.69 Å². The van der Waals surface area contributed by atoms with Crippen LogP contribution in [0.4, 0.5) is 0 Å².